The summed E-state index contributed by atoms with van der Waals surface area (Å²) in [6.07, 6.45) is 10.2. The van der Waals surface area contributed by atoms with E-state index in [1.807, 2.05) is 0 Å². The van der Waals surface area contributed by atoms with Crippen molar-refractivity contribution in [3.63, 3.8) is 0 Å². The Morgan fingerprint density at radius 3 is 2.14 bits per heavy atom. The fourth-order valence-electron chi connectivity index (χ4n) is 3.58. The van der Waals surface area contributed by atoms with Crippen molar-refractivity contribution in [2.24, 2.45) is 11.3 Å². The van der Waals surface area contributed by atoms with Crippen LogP contribution in [0.1, 0.15) is 58.8 Å². The van der Waals surface area contributed by atoms with Gasteiger partial charge in [0.25, 0.3) is 0 Å². The van der Waals surface area contributed by atoms with Gasteiger partial charge in [-0.3, -0.25) is 0 Å². The molecule has 0 bridgehead atoms. The summed E-state index contributed by atoms with van der Waals surface area (Å²) in [7, 11) is 0. The van der Waals surface area contributed by atoms with Crippen molar-refractivity contribution in [2.45, 2.75) is 64.8 Å². The number of hydrogen-bond donors (Lipinski definition) is 1. The first-order valence-corrected chi connectivity index (χ1v) is 6.56. The first-order chi connectivity index (χ1) is 6.82. The van der Waals surface area contributed by atoms with Crippen LogP contribution in [-0.2, 0) is 0 Å². The minimum atomic E-state index is 0.669. The van der Waals surface area contributed by atoms with Crippen molar-refractivity contribution >= 4 is 0 Å². The molecule has 0 amide bonds. The molecule has 2 fully saturated rings. The average Bonchev–Trinajstić information content (AvgIpc) is 2.20. The molecule has 1 aliphatic heterocycles. The van der Waals surface area contributed by atoms with E-state index in [4.69, 9.17) is 0 Å². The van der Waals surface area contributed by atoms with Crippen molar-refractivity contribution in [1.82, 2.24) is 5.32 Å². The molecule has 2 aliphatic rings. The molecular weight excluding hydrogens is 170 g/mol. The summed E-state index contributed by atoms with van der Waals surface area (Å²) < 4.78 is 0. The van der Waals surface area contributed by atoms with Gasteiger partial charge >= 0.3 is 0 Å². The van der Waals surface area contributed by atoms with Crippen molar-refractivity contribution in [3.05, 3.63) is 0 Å². The van der Waals surface area contributed by atoms with Crippen LogP contribution in [0.15, 0.2) is 0 Å². The zero-order chi connectivity index (χ0) is 10.0. The van der Waals surface area contributed by atoms with Crippen molar-refractivity contribution in [2.75, 3.05) is 6.54 Å². The third-order valence-electron chi connectivity index (χ3n) is 4.86. The fourth-order valence-corrected chi connectivity index (χ4v) is 3.58. The molecular formula is C13H25N. The Balaban J connectivity index is 1.96. The van der Waals surface area contributed by atoms with E-state index in [1.165, 1.54) is 51.5 Å². The largest absolute Gasteiger partial charge is 0.312 e. The maximum absolute atomic E-state index is 3.71. The lowest BCUT2D eigenvalue weighted by molar-refractivity contribution is 0.0171. The zero-order valence-corrected chi connectivity index (χ0v) is 9.81. The highest BCUT2D eigenvalue weighted by Gasteiger charge is 2.47. The highest BCUT2D eigenvalue weighted by Crippen LogP contribution is 2.44. The van der Waals surface area contributed by atoms with E-state index in [-0.39, 0.29) is 0 Å². The topological polar surface area (TPSA) is 12.0 Å². The second-order valence-corrected chi connectivity index (χ2v) is 5.33. The lowest BCUT2D eigenvalue weighted by Crippen LogP contribution is -2.65. The third kappa shape index (κ3) is 1.60. The van der Waals surface area contributed by atoms with Gasteiger partial charge in [-0.25, -0.2) is 0 Å². The van der Waals surface area contributed by atoms with Gasteiger partial charge in [0.1, 0.15) is 0 Å². The SMILES string of the molecule is CCC1(CC)CNC1C1CCCCC1. The Morgan fingerprint density at radius 1 is 1.07 bits per heavy atom. The van der Waals surface area contributed by atoms with Gasteiger partial charge in [-0.15, -0.1) is 0 Å². The van der Waals surface area contributed by atoms with Crippen LogP contribution in [0, 0.1) is 11.3 Å². The summed E-state index contributed by atoms with van der Waals surface area (Å²) >= 11 is 0. The van der Waals surface area contributed by atoms with Gasteiger partial charge in [-0.2, -0.15) is 0 Å². The van der Waals surface area contributed by atoms with Crippen LogP contribution < -0.4 is 5.32 Å². The minimum absolute atomic E-state index is 0.669. The predicted molar refractivity (Wildman–Crippen MR) is 61.4 cm³/mol. The molecule has 0 spiro atoms. The highest BCUT2D eigenvalue weighted by atomic mass is 15.0. The standard InChI is InChI=1S/C13H25N/c1-3-13(4-2)10-14-12(13)11-8-6-5-7-9-11/h11-12,14H,3-10H2,1-2H3. The molecule has 14 heavy (non-hydrogen) atoms. The Morgan fingerprint density at radius 2 is 1.71 bits per heavy atom. The molecule has 1 heteroatoms. The van der Waals surface area contributed by atoms with Crippen LogP contribution in [0.2, 0.25) is 0 Å². The molecule has 1 unspecified atom stereocenters. The molecule has 0 aromatic heterocycles. The molecule has 0 aromatic carbocycles. The number of nitrogens with one attached hydrogen (secondary N) is 1. The summed E-state index contributed by atoms with van der Waals surface area (Å²) in [5.41, 5.74) is 0.669. The molecule has 1 N–H and O–H groups in total. The second-order valence-electron chi connectivity index (χ2n) is 5.33. The molecule has 82 valence electrons. The maximum atomic E-state index is 3.71. The van der Waals surface area contributed by atoms with E-state index in [1.54, 1.807) is 0 Å². The summed E-state index contributed by atoms with van der Waals surface area (Å²) in [4.78, 5) is 0. The quantitative estimate of drug-likeness (QED) is 0.728. The first kappa shape index (κ1) is 10.5. The molecule has 1 saturated carbocycles. The van der Waals surface area contributed by atoms with Crippen LogP contribution >= 0.6 is 0 Å². The summed E-state index contributed by atoms with van der Waals surface area (Å²) in [5, 5.41) is 3.71. The first-order valence-electron chi connectivity index (χ1n) is 6.56. The molecule has 1 atom stereocenters. The highest BCUT2D eigenvalue weighted by molar-refractivity contribution is 5.03. The fraction of sp³-hybridized carbons (Fsp3) is 1.00. The minimum Gasteiger partial charge on any atom is -0.312 e. The second kappa shape index (κ2) is 4.22. The van der Waals surface area contributed by atoms with Gasteiger partial charge < -0.3 is 5.32 Å². The molecule has 0 aromatic rings. The predicted octanol–water partition coefficient (Wildman–Crippen LogP) is 3.34. The van der Waals surface area contributed by atoms with Gasteiger partial charge in [-0.1, -0.05) is 33.1 Å². The van der Waals surface area contributed by atoms with E-state index in [0.29, 0.717) is 5.41 Å². The number of hydrogen-bond acceptors (Lipinski definition) is 1. The monoisotopic (exact) mass is 195 g/mol. The maximum Gasteiger partial charge on any atom is 0.0164 e. The Bertz CT molecular complexity index is 172. The Hall–Kier alpha value is -0.0400. The van der Waals surface area contributed by atoms with Crippen LogP contribution in [0.4, 0.5) is 0 Å². The molecule has 1 saturated heterocycles. The molecule has 2 rings (SSSR count). The summed E-state index contributed by atoms with van der Waals surface area (Å²) in [6.45, 7) is 6.03. The van der Waals surface area contributed by atoms with Crippen LogP contribution in [-0.4, -0.2) is 12.6 Å². The van der Waals surface area contributed by atoms with E-state index in [0.717, 1.165) is 12.0 Å². The molecule has 1 nitrogen and oxygen atoms in total. The Labute approximate surface area is 88.7 Å². The lowest BCUT2D eigenvalue weighted by atomic mass is 9.62. The van der Waals surface area contributed by atoms with Gasteiger partial charge in [0.05, 0.1) is 0 Å². The number of rotatable bonds is 3. The zero-order valence-electron chi connectivity index (χ0n) is 9.81. The van der Waals surface area contributed by atoms with E-state index < -0.39 is 0 Å². The Kier molecular flexibility index (Phi) is 3.16. The third-order valence-corrected chi connectivity index (χ3v) is 4.86. The van der Waals surface area contributed by atoms with Crippen LogP contribution in [0.25, 0.3) is 0 Å². The van der Waals surface area contributed by atoms with Gasteiger partial charge in [0.2, 0.25) is 0 Å². The van der Waals surface area contributed by atoms with E-state index >= 15 is 0 Å². The van der Waals surface area contributed by atoms with Gasteiger partial charge in [0, 0.05) is 12.6 Å². The molecule has 1 heterocycles. The van der Waals surface area contributed by atoms with E-state index in [9.17, 15) is 0 Å². The van der Waals surface area contributed by atoms with Crippen molar-refractivity contribution < 1.29 is 0 Å². The normalized spacial score (nSPS) is 32.6. The van der Waals surface area contributed by atoms with E-state index in [2.05, 4.69) is 19.2 Å². The van der Waals surface area contributed by atoms with Crippen LogP contribution in [0.5, 0.6) is 0 Å². The average molecular weight is 195 g/mol. The van der Waals surface area contributed by atoms with Crippen molar-refractivity contribution in [3.8, 4) is 0 Å². The molecule has 0 radical (unpaired) electrons. The smallest absolute Gasteiger partial charge is 0.0164 e. The lowest BCUT2D eigenvalue weighted by Gasteiger charge is -2.54. The van der Waals surface area contributed by atoms with Gasteiger partial charge in [0.15, 0.2) is 0 Å². The summed E-state index contributed by atoms with van der Waals surface area (Å²) in [6, 6.07) is 0.859. The van der Waals surface area contributed by atoms with Gasteiger partial charge in [-0.05, 0) is 37.0 Å². The summed E-state index contributed by atoms with van der Waals surface area (Å²) in [5.74, 6) is 0.998. The van der Waals surface area contributed by atoms with Crippen molar-refractivity contribution in [1.29, 1.82) is 0 Å². The molecule has 1 aliphatic carbocycles. The van der Waals surface area contributed by atoms with Crippen LogP contribution in [0.3, 0.4) is 0 Å².